The number of benzene rings is 3. The van der Waals surface area contributed by atoms with E-state index in [-0.39, 0.29) is 5.92 Å². The maximum absolute atomic E-state index is 9.47. The molecule has 5 rings (SSSR count). The first-order chi connectivity index (χ1) is 18.9. The molecule has 1 aromatic heterocycles. The molecule has 0 saturated heterocycles. The third-order valence-electron chi connectivity index (χ3n) is 7.19. The minimum Gasteiger partial charge on any atom is -0.489 e. The van der Waals surface area contributed by atoms with E-state index in [2.05, 4.69) is 79.3 Å². The van der Waals surface area contributed by atoms with Gasteiger partial charge in [0.2, 0.25) is 0 Å². The van der Waals surface area contributed by atoms with Gasteiger partial charge in [-0.3, -0.25) is 4.99 Å². The van der Waals surface area contributed by atoms with Crippen molar-refractivity contribution in [2.24, 2.45) is 4.99 Å². The molecule has 1 aliphatic rings. The van der Waals surface area contributed by atoms with E-state index < -0.39 is 0 Å². The molecule has 1 unspecified atom stereocenters. The summed E-state index contributed by atoms with van der Waals surface area (Å²) in [7, 11) is 0. The Morgan fingerprint density at radius 3 is 2.67 bits per heavy atom. The van der Waals surface area contributed by atoms with Crippen LogP contribution in [0.3, 0.4) is 0 Å². The maximum Gasteiger partial charge on any atom is 0.141 e. The predicted molar refractivity (Wildman–Crippen MR) is 162 cm³/mol. The van der Waals surface area contributed by atoms with Crippen molar-refractivity contribution in [3.05, 3.63) is 106 Å². The maximum atomic E-state index is 9.47. The summed E-state index contributed by atoms with van der Waals surface area (Å²) >= 11 is 0. The molecule has 4 nitrogen and oxygen atoms in total. The normalized spacial score (nSPS) is 14.5. The van der Waals surface area contributed by atoms with Crippen molar-refractivity contribution in [3.63, 3.8) is 0 Å². The summed E-state index contributed by atoms with van der Waals surface area (Å²) in [5, 5.41) is 10.5. The van der Waals surface area contributed by atoms with Gasteiger partial charge < -0.3 is 4.74 Å². The van der Waals surface area contributed by atoms with Crippen molar-refractivity contribution in [2.75, 3.05) is 0 Å². The first kappa shape index (κ1) is 27.8. The summed E-state index contributed by atoms with van der Waals surface area (Å²) in [6, 6.07) is 25.1. The topological polar surface area (TPSA) is 58.3 Å². The molecule has 198 valence electrons. The molecule has 0 saturated carbocycles. The van der Waals surface area contributed by atoms with E-state index in [1.54, 1.807) is 0 Å². The molecular formula is C35H37N3O. The van der Waals surface area contributed by atoms with Gasteiger partial charge in [-0.05, 0) is 90.9 Å². The molecule has 4 aromatic rings. The first-order valence-electron chi connectivity index (χ1n) is 13.8. The number of unbranched alkanes of at least 4 members (excludes halogenated alkanes) is 2. The number of fused-ring (bicyclic) bond motifs is 6. The van der Waals surface area contributed by atoms with Gasteiger partial charge in [-0.15, -0.1) is 0 Å². The molecular weight excluding hydrogens is 478 g/mol. The van der Waals surface area contributed by atoms with Crippen molar-refractivity contribution in [1.29, 1.82) is 5.26 Å². The highest BCUT2D eigenvalue weighted by molar-refractivity contribution is 5.95. The SMILES string of the molecule is CC=N/C(C)=C\CCCC.Cc1ccc2cc1COc1cccc(c1)-c1cc(C#N)nc3ccc(cc13)C2C. The number of hydrogen-bond donors (Lipinski definition) is 0. The fourth-order valence-electron chi connectivity index (χ4n) is 4.80. The van der Waals surface area contributed by atoms with Crippen LogP contribution in [0.5, 0.6) is 5.75 Å². The number of aliphatic imine (C=N–C) groups is 1. The van der Waals surface area contributed by atoms with E-state index >= 15 is 0 Å². The van der Waals surface area contributed by atoms with Crippen LogP contribution in [0.15, 0.2) is 83.5 Å². The second-order valence-electron chi connectivity index (χ2n) is 10.0. The van der Waals surface area contributed by atoms with Gasteiger partial charge in [-0.1, -0.05) is 69.2 Å². The van der Waals surface area contributed by atoms with Crippen LogP contribution in [0, 0.1) is 18.3 Å². The van der Waals surface area contributed by atoms with E-state index in [1.165, 1.54) is 41.5 Å². The average molecular weight is 516 g/mol. The van der Waals surface area contributed by atoms with Crippen LogP contribution in [0.1, 0.15) is 80.8 Å². The van der Waals surface area contributed by atoms with Crippen molar-refractivity contribution in [1.82, 2.24) is 4.98 Å². The summed E-state index contributed by atoms with van der Waals surface area (Å²) in [5.41, 5.74) is 9.36. The molecule has 0 radical (unpaired) electrons. The number of nitriles is 1. The lowest BCUT2D eigenvalue weighted by atomic mass is 9.89. The van der Waals surface area contributed by atoms with Crippen LogP contribution in [0.2, 0.25) is 0 Å². The molecule has 0 spiro atoms. The zero-order valence-electron chi connectivity index (χ0n) is 23.7. The smallest absolute Gasteiger partial charge is 0.141 e. The molecule has 1 aliphatic heterocycles. The standard InChI is InChI=1S/C26H20N2O.C9H17N/c1-16-6-7-18-10-21(16)15-29-23-5-3-4-20(11-23)24-13-22(14-27)28-26-9-8-19(17(18)2)12-25(24)26;1-4-6-7-8-9(3)10-5-2/h3-13,17H,15H2,1-2H3;5,8H,4,6-7H2,1-3H3/b;9-8-,10-5?. The lowest BCUT2D eigenvalue weighted by Gasteiger charge is -2.16. The van der Waals surface area contributed by atoms with Gasteiger partial charge in [0.15, 0.2) is 0 Å². The van der Waals surface area contributed by atoms with Crippen LogP contribution in [0.25, 0.3) is 22.0 Å². The zero-order chi connectivity index (χ0) is 27.8. The average Bonchev–Trinajstić information content (AvgIpc) is 2.96. The number of ether oxygens (including phenoxy) is 1. The Labute approximate surface area is 232 Å². The van der Waals surface area contributed by atoms with Gasteiger partial charge in [0, 0.05) is 23.2 Å². The highest BCUT2D eigenvalue weighted by atomic mass is 16.5. The molecule has 4 heteroatoms. The van der Waals surface area contributed by atoms with Crippen molar-refractivity contribution < 1.29 is 4.74 Å². The lowest BCUT2D eigenvalue weighted by molar-refractivity contribution is 0.305. The number of aryl methyl sites for hydroxylation is 1. The van der Waals surface area contributed by atoms with Crippen LogP contribution in [-0.2, 0) is 6.61 Å². The Balaban J connectivity index is 0.000000303. The van der Waals surface area contributed by atoms with E-state index in [9.17, 15) is 5.26 Å². The zero-order valence-corrected chi connectivity index (χ0v) is 23.7. The summed E-state index contributed by atoms with van der Waals surface area (Å²) in [4.78, 5) is 8.66. The van der Waals surface area contributed by atoms with Crippen molar-refractivity contribution in [3.8, 4) is 22.9 Å². The van der Waals surface area contributed by atoms with E-state index in [1.807, 2.05) is 50.4 Å². The number of rotatable bonds is 4. The molecule has 3 aromatic carbocycles. The summed E-state index contributed by atoms with van der Waals surface area (Å²) in [6.45, 7) is 11.1. The van der Waals surface area contributed by atoms with Crippen LogP contribution in [-0.4, -0.2) is 11.2 Å². The third-order valence-corrected chi connectivity index (χ3v) is 7.19. The van der Waals surface area contributed by atoms with E-state index in [4.69, 9.17) is 4.74 Å². The Kier molecular flexibility index (Phi) is 9.28. The van der Waals surface area contributed by atoms with Crippen LogP contribution in [0.4, 0.5) is 0 Å². The van der Waals surface area contributed by atoms with Crippen molar-refractivity contribution in [2.45, 2.75) is 66.4 Å². The first-order valence-corrected chi connectivity index (χ1v) is 13.8. The van der Waals surface area contributed by atoms with Gasteiger partial charge in [-0.25, -0.2) is 4.98 Å². The van der Waals surface area contributed by atoms with E-state index in [0.29, 0.717) is 12.3 Å². The van der Waals surface area contributed by atoms with Gasteiger partial charge in [-0.2, -0.15) is 5.26 Å². The third kappa shape index (κ3) is 6.81. The summed E-state index contributed by atoms with van der Waals surface area (Å²) in [6.07, 6.45) is 7.72. The molecule has 0 N–H and O–H groups in total. The van der Waals surface area contributed by atoms with Gasteiger partial charge in [0.25, 0.3) is 0 Å². The number of aromatic nitrogens is 1. The molecule has 2 heterocycles. The van der Waals surface area contributed by atoms with Crippen molar-refractivity contribution >= 4 is 17.1 Å². The molecule has 6 bridgehead atoms. The quantitative estimate of drug-likeness (QED) is 0.201. The van der Waals surface area contributed by atoms with Gasteiger partial charge in [0.1, 0.15) is 24.1 Å². The predicted octanol–water partition coefficient (Wildman–Crippen LogP) is 9.30. The fraction of sp³-hybridized carbons (Fsp3) is 0.286. The second-order valence-corrected chi connectivity index (χ2v) is 10.0. The Hall–Kier alpha value is -4.23. The van der Waals surface area contributed by atoms with Gasteiger partial charge in [0.05, 0.1) is 5.52 Å². The largest absolute Gasteiger partial charge is 0.489 e. The number of allylic oxidation sites excluding steroid dienone is 2. The number of pyridine rings is 1. The Morgan fingerprint density at radius 1 is 1.10 bits per heavy atom. The molecule has 39 heavy (non-hydrogen) atoms. The highest BCUT2D eigenvalue weighted by Gasteiger charge is 2.16. The summed E-state index contributed by atoms with van der Waals surface area (Å²) < 4.78 is 6.15. The van der Waals surface area contributed by atoms with E-state index in [0.717, 1.165) is 33.5 Å². The lowest BCUT2D eigenvalue weighted by Crippen LogP contribution is -2.02. The van der Waals surface area contributed by atoms with Crippen LogP contribution < -0.4 is 4.74 Å². The minimum absolute atomic E-state index is 0.242. The Morgan fingerprint density at radius 2 is 1.90 bits per heavy atom. The number of nitrogens with zero attached hydrogens (tertiary/aromatic N) is 3. The highest BCUT2D eigenvalue weighted by Crippen LogP contribution is 2.35. The molecule has 0 fully saturated rings. The summed E-state index contributed by atoms with van der Waals surface area (Å²) in [5.74, 6) is 1.06. The number of hydrogen-bond acceptors (Lipinski definition) is 4. The molecule has 1 atom stereocenters. The Bertz CT molecular complexity index is 1560. The molecule has 0 aliphatic carbocycles. The monoisotopic (exact) mass is 515 g/mol. The minimum atomic E-state index is 0.242. The molecule has 0 amide bonds. The fourth-order valence-corrected chi connectivity index (χ4v) is 4.80. The van der Waals surface area contributed by atoms with Crippen LogP contribution >= 0.6 is 0 Å². The second kappa shape index (κ2) is 13.0. The van der Waals surface area contributed by atoms with Gasteiger partial charge >= 0.3 is 0 Å².